The molecule has 0 aliphatic rings. The molecule has 0 radical (unpaired) electrons. The molecule has 0 spiro atoms. The smallest absolute Gasteiger partial charge is 0.360 e. The molecule has 0 unspecified atom stereocenters. The van der Waals surface area contributed by atoms with Gasteiger partial charge in [0.25, 0.3) is 0 Å². The van der Waals surface area contributed by atoms with E-state index in [0.717, 1.165) is 0 Å². The van der Waals surface area contributed by atoms with Crippen LogP contribution in [0.2, 0.25) is 0 Å². The lowest BCUT2D eigenvalue weighted by molar-refractivity contribution is 0.0594. The van der Waals surface area contributed by atoms with Gasteiger partial charge in [-0.3, -0.25) is 9.78 Å². The molecule has 0 aliphatic carbocycles. The summed E-state index contributed by atoms with van der Waals surface area (Å²) in [7, 11) is 1.27. The fourth-order valence-corrected chi connectivity index (χ4v) is 2.03. The number of hydrogen-bond acceptors (Lipinski definition) is 6. The van der Waals surface area contributed by atoms with Crippen molar-refractivity contribution < 1.29 is 18.7 Å². The molecule has 6 nitrogen and oxygen atoms in total. The van der Waals surface area contributed by atoms with Crippen LogP contribution in [0.5, 0.6) is 0 Å². The van der Waals surface area contributed by atoms with Crippen LogP contribution in [0.1, 0.15) is 26.4 Å². The highest BCUT2D eigenvalue weighted by molar-refractivity contribution is 6.08. The largest absolute Gasteiger partial charge is 0.464 e. The highest BCUT2D eigenvalue weighted by Crippen LogP contribution is 2.20. The molecular formula is C17H12N2O4. The summed E-state index contributed by atoms with van der Waals surface area (Å²) < 4.78 is 9.82. The van der Waals surface area contributed by atoms with E-state index >= 15 is 0 Å². The van der Waals surface area contributed by atoms with E-state index in [1.165, 1.54) is 19.6 Å². The average molecular weight is 308 g/mol. The van der Waals surface area contributed by atoms with Gasteiger partial charge in [-0.15, -0.1) is 0 Å². The molecule has 23 heavy (non-hydrogen) atoms. The van der Waals surface area contributed by atoms with Crippen molar-refractivity contribution in [1.82, 2.24) is 9.97 Å². The number of esters is 1. The summed E-state index contributed by atoms with van der Waals surface area (Å²) in [4.78, 5) is 31.6. The minimum Gasteiger partial charge on any atom is -0.464 e. The van der Waals surface area contributed by atoms with Gasteiger partial charge in [-0.1, -0.05) is 12.1 Å². The van der Waals surface area contributed by atoms with Crippen LogP contribution in [-0.4, -0.2) is 28.8 Å². The molecule has 114 valence electrons. The molecule has 0 saturated carbocycles. The van der Waals surface area contributed by atoms with E-state index in [1.807, 2.05) is 0 Å². The molecule has 2 aromatic heterocycles. The Kier molecular flexibility index (Phi) is 3.97. The van der Waals surface area contributed by atoms with Gasteiger partial charge in [0.1, 0.15) is 6.26 Å². The Hall–Kier alpha value is -3.28. The number of aromatic nitrogens is 2. The topological polar surface area (TPSA) is 82.3 Å². The van der Waals surface area contributed by atoms with E-state index in [9.17, 15) is 9.59 Å². The lowest BCUT2D eigenvalue weighted by Crippen LogP contribution is -2.01. The van der Waals surface area contributed by atoms with Gasteiger partial charge in [0, 0.05) is 29.1 Å². The van der Waals surface area contributed by atoms with Crippen LogP contribution in [0, 0.1) is 0 Å². The van der Waals surface area contributed by atoms with Crippen LogP contribution in [0.4, 0.5) is 0 Å². The fourth-order valence-electron chi connectivity index (χ4n) is 2.03. The van der Waals surface area contributed by atoms with Gasteiger partial charge in [0.05, 0.1) is 7.11 Å². The van der Waals surface area contributed by atoms with Crippen LogP contribution in [0.25, 0.3) is 11.5 Å². The molecule has 2 heterocycles. The number of nitrogens with zero attached hydrogens (tertiary/aromatic N) is 2. The number of pyridine rings is 1. The first kappa shape index (κ1) is 14.6. The van der Waals surface area contributed by atoms with Crippen molar-refractivity contribution >= 4 is 11.8 Å². The first-order valence-electron chi connectivity index (χ1n) is 6.78. The second kappa shape index (κ2) is 6.23. The summed E-state index contributed by atoms with van der Waals surface area (Å²) in [5, 5.41) is 0. The van der Waals surface area contributed by atoms with Crippen molar-refractivity contribution in [2.75, 3.05) is 7.11 Å². The van der Waals surface area contributed by atoms with Gasteiger partial charge in [-0.05, 0) is 24.3 Å². The Labute approximate surface area is 131 Å². The SMILES string of the molecule is COC(=O)c1coc(-c2ccc(C(=O)c3cccnc3)cc2)n1. The summed E-state index contributed by atoms with van der Waals surface area (Å²) in [6.45, 7) is 0. The van der Waals surface area contributed by atoms with Gasteiger partial charge < -0.3 is 9.15 Å². The van der Waals surface area contributed by atoms with Crippen LogP contribution in [-0.2, 0) is 4.74 Å². The van der Waals surface area contributed by atoms with E-state index < -0.39 is 5.97 Å². The second-order valence-electron chi connectivity index (χ2n) is 4.68. The number of rotatable bonds is 4. The van der Waals surface area contributed by atoms with E-state index in [-0.39, 0.29) is 17.4 Å². The molecule has 0 bridgehead atoms. The molecule has 3 rings (SSSR count). The zero-order valence-electron chi connectivity index (χ0n) is 12.2. The average Bonchev–Trinajstić information content (AvgIpc) is 3.11. The summed E-state index contributed by atoms with van der Waals surface area (Å²) in [6.07, 6.45) is 4.37. The van der Waals surface area contributed by atoms with Crippen LogP contribution >= 0.6 is 0 Å². The fraction of sp³-hybridized carbons (Fsp3) is 0.0588. The number of ketones is 1. The lowest BCUT2D eigenvalue weighted by atomic mass is 10.0. The second-order valence-corrected chi connectivity index (χ2v) is 4.68. The standard InChI is InChI=1S/C17H12N2O4/c1-22-17(21)14-10-23-16(19-14)12-6-4-11(5-7-12)15(20)13-3-2-8-18-9-13/h2-10H,1H3. The molecule has 0 saturated heterocycles. The van der Waals surface area contributed by atoms with Crippen LogP contribution in [0.3, 0.4) is 0 Å². The van der Waals surface area contributed by atoms with Gasteiger partial charge >= 0.3 is 5.97 Å². The number of ether oxygens (including phenoxy) is 1. The minimum absolute atomic E-state index is 0.0954. The Morgan fingerprint density at radius 1 is 1.09 bits per heavy atom. The number of carbonyl (C=O) groups excluding carboxylic acids is 2. The van der Waals surface area contributed by atoms with E-state index in [1.54, 1.807) is 42.6 Å². The maximum Gasteiger partial charge on any atom is 0.360 e. The third-order valence-corrected chi connectivity index (χ3v) is 3.22. The maximum absolute atomic E-state index is 12.3. The van der Waals surface area contributed by atoms with Crippen molar-refractivity contribution in [3.8, 4) is 11.5 Å². The first-order valence-corrected chi connectivity index (χ1v) is 6.78. The number of carbonyl (C=O) groups is 2. The minimum atomic E-state index is -0.566. The van der Waals surface area contributed by atoms with Crippen molar-refractivity contribution in [1.29, 1.82) is 0 Å². The number of methoxy groups -OCH3 is 1. The van der Waals surface area contributed by atoms with Gasteiger partial charge in [0.15, 0.2) is 11.5 Å². The predicted octanol–water partition coefficient (Wildman–Crippen LogP) is 2.75. The summed E-state index contributed by atoms with van der Waals surface area (Å²) in [5.74, 6) is -0.401. The van der Waals surface area contributed by atoms with Crippen LogP contribution in [0.15, 0.2) is 59.5 Å². The maximum atomic E-state index is 12.3. The molecular weight excluding hydrogens is 296 g/mol. The first-order chi connectivity index (χ1) is 11.2. The molecule has 0 amide bonds. The Balaban J connectivity index is 1.83. The summed E-state index contributed by atoms with van der Waals surface area (Å²) in [5.41, 5.74) is 1.80. The van der Waals surface area contributed by atoms with Gasteiger partial charge in [-0.25, -0.2) is 9.78 Å². The number of hydrogen-bond donors (Lipinski definition) is 0. The molecule has 0 fully saturated rings. The molecule has 0 N–H and O–H groups in total. The van der Waals surface area contributed by atoms with Crippen LogP contribution < -0.4 is 0 Å². The third kappa shape index (κ3) is 3.01. The molecule has 0 atom stereocenters. The number of benzene rings is 1. The van der Waals surface area contributed by atoms with E-state index in [0.29, 0.717) is 16.7 Å². The number of oxazole rings is 1. The highest BCUT2D eigenvalue weighted by atomic mass is 16.5. The molecule has 6 heteroatoms. The lowest BCUT2D eigenvalue weighted by Gasteiger charge is -2.01. The van der Waals surface area contributed by atoms with Gasteiger partial charge in [-0.2, -0.15) is 0 Å². The Morgan fingerprint density at radius 2 is 1.87 bits per heavy atom. The van der Waals surface area contributed by atoms with E-state index in [2.05, 4.69) is 14.7 Å². The molecule has 3 aromatic rings. The summed E-state index contributed by atoms with van der Waals surface area (Å²) in [6, 6.07) is 10.2. The molecule has 1 aromatic carbocycles. The highest BCUT2D eigenvalue weighted by Gasteiger charge is 2.14. The van der Waals surface area contributed by atoms with Gasteiger partial charge in [0.2, 0.25) is 5.89 Å². The quantitative estimate of drug-likeness (QED) is 0.544. The normalized spacial score (nSPS) is 10.3. The van der Waals surface area contributed by atoms with Crippen molar-refractivity contribution in [2.45, 2.75) is 0 Å². The zero-order valence-corrected chi connectivity index (χ0v) is 12.2. The monoisotopic (exact) mass is 308 g/mol. The summed E-state index contributed by atoms with van der Waals surface area (Å²) >= 11 is 0. The zero-order chi connectivity index (χ0) is 16.2. The molecule has 0 aliphatic heterocycles. The Bertz CT molecular complexity index is 839. The van der Waals surface area contributed by atoms with Crippen molar-refractivity contribution in [3.05, 3.63) is 71.9 Å². The Morgan fingerprint density at radius 3 is 2.52 bits per heavy atom. The van der Waals surface area contributed by atoms with E-state index in [4.69, 9.17) is 4.42 Å². The van der Waals surface area contributed by atoms with Crippen molar-refractivity contribution in [3.63, 3.8) is 0 Å². The predicted molar refractivity (Wildman–Crippen MR) is 80.9 cm³/mol. The third-order valence-electron chi connectivity index (χ3n) is 3.22. The van der Waals surface area contributed by atoms with Crippen molar-refractivity contribution in [2.24, 2.45) is 0 Å².